The molecule has 3 aromatic rings. The molecule has 0 bridgehead atoms. The lowest BCUT2D eigenvalue weighted by molar-refractivity contribution is -0.126. The van der Waals surface area contributed by atoms with Gasteiger partial charge in [-0.25, -0.2) is 0 Å². The molecule has 1 saturated carbocycles. The van der Waals surface area contributed by atoms with Crippen LogP contribution in [0.25, 0.3) is 6.08 Å². The monoisotopic (exact) mass is 491 g/mol. The second-order valence-corrected chi connectivity index (χ2v) is 9.53. The number of rotatable bonds is 8. The molecule has 0 unspecified atom stereocenters. The van der Waals surface area contributed by atoms with E-state index in [4.69, 9.17) is 4.42 Å². The van der Waals surface area contributed by atoms with Gasteiger partial charge in [-0.05, 0) is 66.8 Å². The Kier molecular flexibility index (Phi) is 8.15. The van der Waals surface area contributed by atoms with Crippen LogP contribution in [-0.4, -0.2) is 23.8 Å². The number of amides is 3. The van der Waals surface area contributed by atoms with Gasteiger partial charge >= 0.3 is 0 Å². The van der Waals surface area contributed by atoms with Crippen molar-refractivity contribution in [2.45, 2.75) is 51.1 Å². The van der Waals surface area contributed by atoms with Gasteiger partial charge in [-0.15, -0.1) is 11.3 Å². The molecule has 1 fully saturated rings. The molecule has 0 spiro atoms. The molecule has 2 aromatic heterocycles. The summed E-state index contributed by atoms with van der Waals surface area (Å²) in [5.41, 5.74) is 1.11. The van der Waals surface area contributed by atoms with Crippen LogP contribution in [0.2, 0.25) is 0 Å². The zero-order valence-corrected chi connectivity index (χ0v) is 20.4. The summed E-state index contributed by atoms with van der Waals surface area (Å²) < 4.78 is 5.65. The fourth-order valence-corrected chi connectivity index (χ4v) is 4.90. The second kappa shape index (κ2) is 11.7. The van der Waals surface area contributed by atoms with Crippen LogP contribution in [0.4, 0.5) is 11.4 Å². The number of benzene rings is 1. The molecule has 3 amide bonds. The lowest BCUT2D eigenvalue weighted by atomic mass is 9.95. The Balaban J connectivity index is 1.69. The highest BCUT2D eigenvalue weighted by Gasteiger charge is 2.35. The van der Waals surface area contributed by atoms with Gasteiger partial charge in [0.05, 0.1) is 6.26 Å². The van der Waals surface area contributed by atoms with Gasteiger partial charge in [0.2, 0.25) is 5.91 Å². The Labute approximate surface area is 208 Å². The van der Waals surface area contributed by atoms with Gasteiger partial charge < -0.3 is 15.1 Å². The van der Waals surface area contributed by atoms with Crippen molar-refractivity contribution in [3.05, 3.63) is 76.9 Å². The normalized spacial score (nSPS) is 15.0. The van der Waals surface area contributed by atoms with Crippen molar-refractivity contribution in [1.29, 1.82) is 0 Å². The Bertz CT molecular complexity index is 1150. The van der Waals surface area contributed by atoms with Crippen LogP contribution in [0.15, 0.2) is 70.7 Å². The third kappa shape index (κ3) is 6.48. The first kappa shape index (κ1) is 24.5. The summed E-state index contributed by atoms with van der Waals surface area (Å²) in [6, 6.07) is 13.2. The third-order valence-corrected chi connectivity index (χ3v) is 6.74. The van der Waals surface area contributed by atoms with Gasteiger partial charge in [-0.2, -0.15) is 0 Å². The molecule has 35 heavy (non-hydrogen) atoms. The fraction of sp³-hybridized carbons (Fsp3) is 0.296. The molecule has 8 heteroatoms. The van der Waals surface area contributed by atoms with E-state index >= 15 is 0 Å². The SMILES string of the molecule is CC(=O)Nc1ccc(N(C(=O)/C=C/c2cccs2)[C@@H](C(=O)NC2CCCCC2)c2ccco2)cc1. The molecule has 1 atom stereocenters. The van der Waals surface area contributed by atoms with Gasteiger partial charge in [-0.1, -0.05) is 25.3 Å². The van der Waals surface area contributed by atoms with E-state index in [-0.39, 0.29) is 23.8 Å². The zero-order valence-electron chi connectivity index (χ0n) is 19.6. The predicted molar refractivity (Wildman–Crippen MR) is 138 cm³/mol. The van der Waals surface area contributed by atoms with Crippen molar-refractivity contribution in [3.8, 4) is 0 Å². The molecule has 182 valence electrons. The highest BCUT2D eigenvalue weighted by molar-refractivity contribution is 7.10. The summed E-state index contributed by atoms with van der Waals surface area (Å²) in [5, 5.41) is 7.81. The van der Waals surface area contributed by atoms with Gasteiger partial charge in [0, 0.05) is 35.3 Å². The smallest absolute Gasteiger partial charge is 0.252 e. The van der Waals surface area contributed by atoms with Crippen molar-refractivity contribution < 1.29 is 18.8 Å². The minimum Gasteiger partial charge on any atom is -0.467 e. The predicted octanol–water partition coefficient (Wildman–Crippen LogP) is 5.54. The zero-order chi connectivity index (χ0) is 24.6. The second-order valence-electron chi connectivity index (χ2n) is 8.55. The number of hydrogen-bond donors (Lipinski definition) is 2. The summed E-state index contributed by atoms with van der Waals surface area (Å²) in [4.78, 5) is 41.0. The number of carbonyl (C=O) groups excluding carboxylic acids is 3. The number of thiophene rings is 1. The van der Waals surface area contributed by atoms with E-state index in [9.17, 15) is 14.4 Å². The number of hydrogen-bond acceptors (Lipinski definition) is 5. The van der Waals surface area contributed by atoms with Crippen LogP contribution in [-0.2, 0) is 14.4 Å². The Morgan fingerprint density at radius 1 is 1.06 bits per heavy atom. The Morgan fingerprint density at radius 3 is 2.46 bits per heavy atom. The van der Waals surface area contributed by atoms with Crippen molar-refractivity contribution >= 4 is 46.5 Å². The van der Waals surface area contributed by atoms with Crippen LogP contribution < -0.4 is 15.5 Å². The highest BCUT2D eigenvalue weighted by atomic mass is 32.1. The van der Waals surface area contributed by atoms with E-state index in [0.717, 1.165) is 30.6 Å². The number of nitrogens with one attached hydrogen (secondary N) is 2. The Hall–Kier alpha value is -3.65. The molecule has 2 N–H and O–H groups in total. The van der Waals surface area contributed by atoms with Crippen molar-refractivity contribution in [3.63, 3.8) is 0 Å². The molecule has 7 nitrogen and oxygen atoms in total. The number of nitrogens with zero attached hydrogens (tertiary/aromatic N) is 1. The van der Waals surface area contributed by atoms with Gasteiger partial charge in [0.25, 0.3) is 11.8 Å². The molecule has 1 aliphatic carbocycles. The molecule has 1 aromatic carbocycles. The van der Waals surface area contributed by atoms with E-state index < -0.39 is 6.04 Å². The first-order valence-corrected chi connectivity index (χ1v) is 12.7. The number of anilines is 2. The lowest BCUT2D eigenvalue weighted by Crippen LogP contribution is -2.46. The maximum absolute atomic E-state index is 13.6. The average molecular weight is 492 g/mol. The van der Waals surface area contributed by atoms with E-state index in [1.807, 2.05) is 17.5 Å². The summed E-state index contributed by atoms with van der Waals surface area (Å²) in [7, 11) is 0. The van der Waals surface area contributed by atoms with E-state index in [2.05, 4.69) is 10.6 Å². The summed E-state index contributed by atoms with van der Waals surface area (Å²) in [6.07, 6.45) is 9.89. The fourth-order valence-electron chi connectivity index (χ4n) is 4.28. The van der Waals surface area contributed by atoms with Gasteiger partial charge in [0.15, 0.2) is 6.04 Å². The lowest BCUT2D eigenvalue weighted by Gasteiger charge is -2.31. The van der Waals surface area contributed by atoms with E-state index in [1.165, 1.54) is 41.9 Å². The topological polar surface area (TPSA) is 91.7 Å². The van der Waals surface area contributed by atoms with E-state index in [1.54, 1.807) is 42.5 Å². The Morgan fingerprint density at radius 2 is 1.83 bits per heavy atom. The van der Waals surface area contributed by atoms with Gasteiger partial charge in [-0.3, -0.25) is 19.3 Å². The summed E-state index contributed by atoms with van der Waals surface area (Å²) in [5.74, 6) is -0.450. The van der Waals surface area contributed by atoms with Crippen molar-refractivity contribution in [2.75, 3.05) is 10.2 Å². The largest absolute Gasteiger partial charge is 0.467 e. The maximum Gasteiger partial charge on any atom is 0.252 e. The minimum atomic E-state index is -0.987. The number of furan rings is 1. The molecule has 4 rings (SSSR count). The molecule has 0 saturated heterocycles. The first-order valence-electron chi connectivity index (χ1n) is 11.8. The van der Waals surface area contributed by atoms with Crippen LogP contribution in [0.1, 0.15) is 55.7 Å². The summed E-state index contributed by atoms with van der Waals surface area (Å²) in [6.45, 7) is 1.43. The first-order chi connectivity index (χ1) is 17.0. The van der Waals surface area contributed by atoms with Gasteiger partial charge in [0.1, 0.15) is 5.76 Å². The van der Waals surface area contributed by atoms with Crippen molar-refractivity contribution in [1.82, 2.24) is 5.32 Å². The molecule has 0 aliphatic heterocycles. The summed E-state index contributed by atoms with van der Waals surface area (Å²) >= 11 is 1.52. The minimum absolute atomic E-state index is 0.0782. The quantitative estimate of drug-likeness (QED) is 0.405. The highest BCUT2D eigenvalue weighted by Crippen LogP contribution is 2.31. The molecular formula is C27H29N3O4S. The van der Waals surface area contributed by atoms with Crippen molar-refractivity contribution in [2.24, 2.45) is 0 Å². The molecular weight excluding hydrogens is 462 g/mol. The molecule has 2 heterocycles. The van der Waals surface area contributed by atoms with Crippen LogP contribution in [0, 0.1) is 0 Å². The van der Waals surface area contributed by atoms with E-state index in [0.29, 0.717) is 17.1 Å². The maximum atomic E-state index is 13.6. The van der Waals surface area contributed by atoms with Crippen LogP contribution in [0.3, 0.4) is 0 Å². The molecule has 0 radical (unpaired) electrons. The number of carbonyl (C=O) groups is 3. The molecule has 1 aliphatic rings. The third-order valence-electron chi connectivity index (χ3n) is 5.91. The van der Waals surface area contributed by atoms with Crippen LogP contribution in [0.5, 0.6) is 0 Å². The van der Waals surface area contributed by atoms with Crippen LogP contribution >= 0.6 is 11.3 Å². The standard InChI is InChI=1S/C27H29N3O4S/c1-19(31)28-21-11-13-22(14-12-21)30(25(32)16-15-23-9-6-18-35-23)26(24-10-5-17-34-24)27(33)29-20-7-3-2-4-8-20/h5-6,9-18,20,26H,2-4,7-8H2,1H3,(H,28,31)(H,29,33)/b16-15+/t26-/m1/s1. The average Bonchev–Trinajstić information content (AvgIpc) is 3.56.